The first-order valence-electron chi connectivity index (χ1n) is 10.4. The van der Waals surface area contributed by atoms with Gasteiger partial charge in [-0.05, 0) is 34.9 Å². The number of nitriles is 2. The van der Waals surface area contributed by atoms with Gasteiger partial charge in [0.15, 0.2) is 11.2 Å². The van der Waals surface area contributed by atoms with Crippen molar-refractivity contribution in [3.8, 4) is 12.1 Å². The Bertz CT molecular complexity index is 1360. The van der Waals surface area contributed by atoms with Crippen LogP contribution in [0.25, 0.3) is 6.08 Å². The SMILES string of the molecule is N#CC1(C#N)[C@@H]2c3ccccc3C=CN2[C@@H](C(=O)c2ccccc2)[C@@H]1c1ccc(Cl)c(Cl)c1. The zero-order valence-electron chi connectivity index (χ0n) is 17.3. The molecular weight excluding hydrogens is 453 g/mol. The highest BCUT2D eigenvalue weighted by molar-refractivity contribution is 6.42. The van der Waals surface area contributed by atoms with Crippen LogP contribution in [0, 0.1) is 28.1 Å². The molecule has 0 unspecified atom stereocenters. The second-order valence-electron chi connectivity index (χ2n) is 8.21. The minimum atomic E-state index is -1.53. The number of rotatable bonds is 3. The fourth-order valence-electron chi connectivity index (χ4n) is 5.15. The molecule has 0 amide bonds. The van der Waals surface area contributed by atoms with E-state index in [9.17, 15) is 15.3 Å². The molecule has 0 N–H and O–H groups in total. The Hall–Kier alpha value is -3.57. The van der Waals surface area contributed by atoms with Crippen LogP contribution in [0.2, 0.25) is 10.0 Å². The number of ketones is 1. The third-order valence-corrected chi connectivity index (χ3v) is 7.31. The molecule has 2 heterocycles. The number of carbonyl (C=O) groups is 1. The number of benzene rings is 3. The lowest BCUT2D eigenvalue weighted by atomic mass is 9.67. The summed E-state index contributed by atoms with van der Waals surface area (Å²) in [7, 11) is 0. The lowest BCUT2D eigenvalue weighted by Gasteiger charge is -2.34. The molecular formula is C27H17Cl2N3O. The van der Waals surface area contributed by atoms with Crippen LogP contribution in [0.4, 0.5) is 0 Å². The molecule has 5 rings (SSSR count). The second kappa shape index (κ2) is 8.09. The van der Waals surface area contributed by atoms with E-state index in [0.29, 0.717) is 21.2 Å². The minimum absolute atomic E-state index is 0.159. The van der Waals surface area contributed by atoms with Crippen LogP contribution >= 0.6 is 23.2 Å². The number of Topliss-reactive ketones (excluding diaryl/α,β-unsaturated/α-hetero) is 1. The van der Waals surface area contributed by atoms with Gasteiger partial charge in [-0.15, -0.1) is 0 Å². The molecule has 1 fully saturated rings. The number of hydrogen-bond acceptors (Lipinski definition) is 4. The summed E-state index contributed by atoms with van der Waals surface area (Å²) < 4.78 is 0. The van der Waals surface area contributed by atoms with Gasteiger partial charge in [-0.3, -0.25) is 4.79 Å². The average Bonchev–Trinajstić information content (AvgIpc) is 3.17. The monoisotopic (exact) mass is 469 g/mol. The largest absolute Gasteiger partial charge is 0.357 e. The maximum atomic E-state index is 13.9. The van der Waals surface area contributed by atoms with Crippen molar-refractivity contribution in [2.24, 2.45) is 5.41 Å². The van der Waals surface area contributed by atoms with Crippen molar-refractivity contribution < 1.29 is 4.79 Å². The first-order chi connectivity index (χ1) is 16.0. The molecule has 160 valence electrons. The molecule has 0 radical (unpaired) electrons. The summed E-state index contributed by atoms with van der Waals surface area (Å²) in [4.78, 5) is 15.8. The van der Waals surface area contributed by atoms with Crippen LogP contribution in [0.1, 0.15) is 39.0 Å². The predicted molar refractivity (Wildman–Crippen MR) is 127 cm³/mol. The van der Waals surface area contributed by atoms with Gasteiger partial charge in [0.2, 0.25) is 0 Å². The molecule has 1 saturated heterocycles. The number of fused-ring (bicyclic) bond motifs is 3. The maximum Gasteiger partial charge on any atom is 0.185 e. The molecule has 0 bridgehead atoms. The van der Waals surface area contributed by atoms with Crippen LogP contribution < -0.4 is 0 Å². The van der Waals surface area contributed by atoms with Gasteiger partial charge in [0.25, 0.3) is 0 Å². The van der Waals surface area contributed by atoms with Crippen LogP contribution in [0.5, 0.6) is 0 Å². The maximum absolute atomic E-state index is 13.9. The predicted octanol–water partition coefficient (Wildman–Crippen LogP) is 6.40. The molecule has 33 heavy (non-hydrogen) atoms. The first kappa shape index (κ1) is 21.3. The summed E-state index contributed by atoms with van der Waals surface area (Å²) in [6.45, 7) is 0. The van der Waals surface area contributed by atoms with Crippen molar-refractivity contribution >= 4 is 35.1 Å². The van der Waals surface area contributed by atoms with E-state index in [1.165, 1.54) is 0 Å². The highest BCUT2D eigenvalue weighted by Crippen LogP contribution is 2.60. The highest BCUT2D eigenvalue weighted by atomic mass is 35.5. The Morgan fingerprint density at radius 3 is 2.30 bits per heavy atom. The van der Waals surface area contributed by atoms with Crippen molar-refractivity contribution in [2.75, 3.05) is 0 Å². The fraction of sp³-hybridized carbons (Fsp3) is 0.148. The van der Waals surface area contributed by atoms with Crippen LogP contribution in [-0.2, 0) is 0 Å². The number of hydrogen-bond donors (Lipinski definition) is 0. The van der Waals surface area contributed by atoms with Gasteiger partial charge in [-0.2, -0.15) is 10.5 Å². The van der Waals surface area contributed by atoms with E-state index < -0.39 is 23.4 Å². The third-order valence-electron chi connectivity index (χ3n) is 6.57. The molecule has 0 saturated carbocycles. The van der Waals surface area contributed by atoms with Gasteiger partial charge in [0, 0.05) is 17.7 Å². The Kier molecular flexibility index (Phi) is 5.22. The molecule has 3 atom stereocenters. The zero-order valence-corrected chi connectivity index (χ0v) is 18.8. The number of nitrogens with zero attached hydrogens (tertiary/aromatic N) is 3. The summed E-state index contributed by atoms with van der Waals surface area (Å²) in [5, 5.41) is 21.7. The first-order valence-corrected chi connectivity index (χ1v) is 11.2. The highest BCUT2D eigenvalue weighted by Gasteiger charge is 2.63. The van der Waals surface area contributed by atoms with E-state index in [0.717, 1.165) is 11.1 Å². The summed E-state index contributed by atoms with van der Waals surface area (Å²) in [6, 6.07) is 24.9. The lowest BCUT2D eigenvalue weighted by molar-refractivity contribution is 0.0874. The van der Waals surface area contributed by atoms with Crippen molar-refractivity contribution in [1.29, 1.82) is 10.5 Å². The van der Waals surface area contributed by atoms with Gasteiger partial charge >= 0.3 is 0 Å². The van der Waals surface area contributed by atoms with Gasteiger partial charge in [-0.25, -0.2) is 0 Å². The quantitative estimate of drug-likeness (QED) is 0.415. The molecule has 0 aromatic heterocycles. The fourth-order valence-corrected chi connectivity index (χ4v) is 5.45. The van der Waals surface area contributed by atoms with E-state index in [1.807, 2.05) is 47.5 Å². The Balaban J connectivity index is 1.79. The summed E-state index contributed by atoms with van der Waals surface area (Å²) >= 11 is 12.5. The van der Waals surface area contributed by atoms with Crippen LogP contribution in [-0.4, -0.2) is 16.7 Å². The van der Waals surface area contributed by atoms with E-state index in [1.54, 1.807) is 42.5 Å². The normalized spacial score (nSPS) is 22.1. The van der Waals surface area contributed by atoms with E-state index in [2.05, 4.69) is 12.1 Å². The Morgan fingerprint density at radius 1 is 0.909 bits per heavy atom. The van der Waals surface area contributed by atoms with Gasteiger partial charge in [0.1, 0.15) is 6.04 Å². The smallest absolute Gasteiger partial charge is 0.185 e. The third kappa shape index (κ3) is 3.15. The average molecular weight is 470 g/mol. The van der Waals surface area contributed by atoms with Crippen molar-refractivity contribution in [2.45, 2.75) is 18.0 Å². The molecule has 2 aliphatic rings. The van der Waals surface area contributed by atoms with E-state index >= 15 is 0 Å². The van der Waals surface area contributed by atoms with E-state index in [-0.39, 0.29) is 5.78 Å². The molecule has 6 heteroatoms. The molecule has 3 aromatic rings. The van der Waals surface area contributed by atoms with Gasteiger partial charge < -0.3 is 4.90 Å². The molecule has 3 aromatic carbocycles. The second-order valence-corrected chi connectivity index (χ2v) is 9.03. The zero-order chi connectivity index (χ0) is 23.2. The lowest BCUT2D eigenvalue weighted by Crippen LogP contribution is -2.37. The number of halogens is 2. The Labute approximate surface area is 201 Å². The molecule has 0 aliphatic carbocycles. The minimum Gasteiger partial charge on any atom is -0.357 e. The summed E-state index contributed by atoms with van der Waals surface area (Å²) in [5.74, 6) is -0.913. The number of carbonyl (C=O) groups excluding carboxylic acids is 1. The van der Waals surface area contributed by atoms with Crippen LogP contribution in [0.3, 0.4) is 0 Å². The van der Waals surface area contributed by atoms with Gasteiger partial charge in [0.05, 0.1) is 28.2 Å². The van der Waals surface area contributed by atoms with Crippen molar-refractivity contribution in [3.05, 3.63) is 111 Å². The van der Waals surface area contributed by atoms with Crippen LogP contribution in [0.15, 0.2) is 79.0 Å². The standard InChI is InChI=1S/C27H17Cl2N3O/c28-21-11-10-19(14-22(21)29)23-24(25(33)18-7-2-1-3-8-18)32-13-12-17-6-4-5-9-20(17)26(32)27(23,15-30)16-31/h1-14,23-24,26H/t23-,24+,26-/m0/s1. The van der Waals surface area contributed by atoms with E-state index in [4.69, 9.17) is 23.2 Å². The van der Waals surface area contributed by atoms with Gasteiger partial charge in [-0.1, -0.05) is 83.9 Å². The molecule has 0 spiro atoms. The molecule has 2 aliphatic heterocycles. The van der Waals surface area contributed by atoms with Crippen molar-refractivity contribution in [1.82, 2.24) is 4.90 Å². The summed E-state index contributed by atoms with van der Waals surface area (Å²) in [6.07, 6.45) is 3.76. The van der Waals surface area contributed by atoms with Crippen molar-refractivity contribution in [3.63, 3.8) is 0 Å². The topological polar surface area (TPSA) is 67.9 Å². The summed E-state index contributed by atoms with van der Waals surface area (Å²) in [5.41, 5.74) is 1.38. The molecule has 4 nitrogen and oxygen atoms in total. The Morgan fingerprint density at radius 2 is 1.61 bits per heavy atom.